The van der Waals surface area contributed by atoms with Gasteiger partial charge in [0.2, 0.25) is 0 Å². The van der Waals surface area contributed by atoms with E-state index in [4.69, 9.17) is 11.6 Å². The van der Waals surface area contributed by atoms with Crippen molar-refractivity contribution >= 4 is 11.6 Å². The standard InChI is InChI=1S/C17H24ClNO/c18-15-10-8-14(9-11-15)17(12-20,13-6-7-13)19-16-4-2-1-3-5-16/h8-11,13,16,19-20H,1-7,12H2. The average Bonchev–Trinajstić information content (AvgIpc) is 3.32. The lowest BCUT2D eigenvalue weighted by molar-refractivity contribution is 0.116. The lowest BCUT2D eigenvalue weighted by Crippen LogP contribution is -2.52. The largest absolute Gasteiger partial charge is 0.394 e. The van der Waals surface area contributed by atoms with E-state index >= 15 is 0 Å². The van der Waals surface area contributed by atoms with E-state index in [2.05, 4.69) is 17.4 Å². The highest BCUT2D eigenvalue weighted by Gasteiger charge is 2.47. The van der Waals surface area contributed by atoms with Gasteiger partial charge in [-0.05, 0) is 49.3 Å². The third kappa shape index (κ3) is 2.88. The second-order valence-electron chi connectivity index (χ2n) is 6.39. The summed E-state index contributed by atoms with van der Waals surface area (Å²) in [6.45, 7) is 0.176. The predicted molar refractivity (Wildman–Crippen MR) is 82.9 cm³/mol. The second kappa shape index (κ2) is 6.05. The van der Waals surface area contributed by atoms with Gasteiger partial charge in [0.1, 0.15) is 0 Å². The van der Waals surface area contributed by atoms with Gasteiger partial charge in [-0.15, -0.1) is 0 Å². The van der Waals surface area contributed by atoms with Crippen LogP contribution in [-0.4, -0.2) is 17.8 Å². The number of hydrogen-bond donors (Lipinski definition) is 2. The number of nitrogens with one attached hydrogen (secondary N) is 1. The van der Waals surface area contributed by atoms with Crippen molar-refractivity contribution in [1.82, 2.24) is 5.32 Å². The quantitative estimate of drug-likeness (QED) is 0.864. The molecule has 0 radical (unpaired) electrons. The topological polar surface area (TPSA) is 32.3 Å². The van der Waals surface area contributed by atoms with Crippen LogP contribution in [0.15, 0.2) is 24.3 Å². The fraction of sp³-hybridized carbons (Fsp3) is 0.647. The molecule has 1 aromatic rings. The van der Waals surface area contributed by atoms with Crippen LogP contribution in [0.4, 0.5) is 0 Å². The molecule has 3 rings (SSSR count). The SMILES string of the molecule is OCC(NC1CCCCC1)(c1ccc(Cl)cc1)C1CC1. The van der Waals surface area contributed by atoms with Gasteiger partial charge in [-0.1, -0.05) is 43.0 Å². The van der Waals surface area contributed by atoms with E-state index in [9.17, 15) is 5.11 Å². The first-order valence-electron chi connectivity index (χ1n) is 7.89. The minimum atomic E-state index is -0.257. The first-order chi connectivity index (χ1) is 9.74. The lowest BCUT2D eigenvalue weighted by Gasteiger charge is -2.39. The molecule has 20 heavy (non-hydrogen) atoms. The molecule has 1 atom stereocenters. The number of aliphatic hydroxyl groups excluding tert-OH is 1. The molecule has 0 heterocycles. The van der Waals surface area contributed by atoms with Crippen LogP contribution < -0.4 is 5.32 Å². The molecule has 3 heteroatoms. The average molecular weight is 294 g/mol. The molecule has 1 unspecified atom stereocenters. The number of rotatable bonds is 5. The van der Waals surface area contributed by atoms with Crippen molar-refractivity contribution < 1.29 is 5.11 Å². The summed E-state index contributed by atoms with van der Waals surface area (Å²) in [5.41, 5.74) is 0.935. The second-order valence-corrected chi connectivity index (χ2v) is 6.83. The molecule has 0 saturated heterocycles. The molecular formula is C17H24ClNO. The fourth-order valence-corrected chi connectivity index (χ4v) is 3.76. The minimum absolute atomic E-state index is 0.176. The molecule has 2 N–H and O–H groups in total. The van der Waals surface area contributed by atoms with E-state index in [1.54, 1.807) is 0 Å². The van der Waals surface area contributed by atoms with Crippen molar-refractivity contribution in [2.75, 3.05) is 6.61 Å². The summed E-state index contributed by atoms with van der Waals surface area (Å²) in [6, 6.07) is 8.57. The molecule has 0 spiro atoms. The van der Waals surface area contributed by atoms with E-state index < -0.39 is 0 Å². The molecule has 1 aromatic carbocycles. The smallest absolute Gasteiger partial charge is 0.0699 e. The highest BCUT2D eigenvalue weighted by Crippen LogP contribution is 2.46. The Kier molecular flexibility index (Phi) is 4.34. The van der Waals surface area contributed by atoms with E-state index in [-0.39, 0.29) is 12.1 Å². The molecule has 0 bridgehead atoms. The van der Waals surface area contributed by atoms with Crippen LogP contribution >= 0.6 is 11.6 Å². The van der Waals surface area contributed by atoms with E-state index in [0.29, 0.717) is 12.0 Å². The van der Waals surface area contributed by atoms with Crippen molar-refractivity contribution in [2.45, 2.75) is 56.5 Å². The van der Waals surface area contributed by atoms with Crippen molar-refractivity contribution in [1.29, 1.82) is 0 Å². The first-order valence-corrected chi connectivity index (χ1v) is 8.27. The molecule has 2 nitrogen and oxygen atoms in total. The van der Waals surface area contributed by atoms with E-state index in [1.807, 2.05) is 12.1 Å². The number of halogens is 1. The molecule has 2 fully saturated rings. The normalized spacial score (nSPS) is 23.5. The van der Waals surface area contributed by atoms with Crippen molar-refractivity contribution in [2.24, 2.45) is 5.92 Å². The molecule has 2 aliphatic rings. The summed E-state index contributed by atoms with van der Waals surface area (Å²) >= 11 is 6.01. The first kappa shape index (κ1) is 14.4. The van der Waals surface area contributed by atoms with Crippen LogP contribution in [0.5, 0.6) is 0 Å². The molecular weight excluding hydrogens is 270 g/mol. The zero-order chi connectivity index (χ0) is 14.0. The van der Waals surface area contributed by atoms with Gasteiger partial charge in [0.15, 0.2) is 0 Å². The highest BCUT2D eigenvalue weighted by molar-refractivity contribution is 6.30. The van der Waals surface area contributed by atoms with Crippen LogP contribution in [0.1, 0.15) is 50.5 Å². The van der Waals surface area contributed by atoms with Crippen molar-refractivity contribution in [3.05, 3.63) is 34.9 Å². The molecule has 2 aliphatic carbocycles. The maximum absolute atomic E-state index is 10.1. The molecule has 2 saturated carbocycles. The van der Waals surface area contributed by atoms with Crippen LogP contribution in [0.3, 0.4) is 0 Å². The van der Waals surface area contributed by atoms with E-state index in [0.717, 1.165) is 5.02 Å². The van der Waals surface area contributed by atoms with Gasteiger partial charge in [-0.25, -0.2) is 0 Å². The monoisotopic (exact) mass is 293 g/mol. The third-order valence-electron chi connectivity index (χ3n) is 4.95. The fourth-order valence-electron chi connectivity index (χ4n) is 3.64. The van der Waals surface area contributed by atoms with Crippen LogP contribution in [-0.2, 0) is 5.54 Å². The summed E-state index contributed by atoms with van der Waals surface area (Å²) in [5, 5.41) is 14.7. The Morgan fingerprint density at radius 3 is 2.25 bits per heavy atom. The van der Waals surface area contributed by atoms with Gasteiger partial charge >= 0.3 is 0 Å². The molecule has 0 aliphatic heterocycles. The van der Waals surface area contributed by atoms with Gasteiger partial charge < -0.3 is 10.4 Å². The summed E-state index contributed by atoms with van der Waals surface area (Å²) < 4.78 is 0. The Balaban J connectivity index is 1.85. The zero-order valence-corrected chi connectivity index (χ0v) is 12.7. The Morgan fingerprint density at radius 1 is 1.05 bits per heavy atom. The maximum Gasteiger partial charge on any atom is 0.0699 e. The summed E-state index contributed by atoms with van der Waals surface area (Å²) in [4.78, 5) is 0. The Hall–Kier alpha value is -0.570. The van der Waals surface area contributed by atoms with Crippen LogP contribution in [0.25, 0.3) is 0 Å². The molecule has 110 valence electrons. The van der Waals surface area contributed by atoms with Gasteiger partial charge in [0, 0.05) is 11.1 Å². The zero-order valence-electron chi connectivity index (χ0n) is 11.9. The molecule has 0 amide bonds. The Labute approximate surface area is 126 Å². The maximum atomic E-state index is 10.1. The summed E-state index contributed by atoms with van der Waals surface area (Å²) in [6.07, 6.45) is 8.87. The number of aliphatic hydroxyl groups is 1. The van der Waals surface area contributed by atoms with Gasteiger partial charge in [0.05, 0.1) is 12.1 Å². The lowest BCUT2D eigenvalue weighted by atomic mass is 9.83. The Morgan fingerprint density at radius 2 is 1.70 bits per heavy atom. The van der Waals surface area contributed by atoms with Gasteiger partial charge in [0.25, 0.3) is 0 Å². The van der Waals surface area contributed by atoms with Crippen LogP contribution in [0.2, 0.25) is 5.02 Å². The van der Waals surface area contributed by atoms with Gasteiger partial charge in [-0.2, -0.15) is 0 Å². The minimum Gasteiger partial charge on any atom is -0.394 e. The van der Waals surface area contributed by atoms with Gasteiger partial charge in [-0.3, -0.25) is 0 Å². The summed E-state index contributed by atoms with van der Waals surface area (Å²) in [5.74, 6) is 0.565. The Bertz CT molecular complexity index is 437. The van der Waals surface area contributed by atoms with Crippen molar-refractivity contribution in [3.63, 3.8) is 0 Å². The van der Waals surface area contributed by atoms with E-state index in [1.165, 1.54) is 50.5 Å². The number of hydrogen-bond acceptors (Lipinski definition) is 2. The summed E-state index contributed by atoms with van der Waals surface area (Å²) in [7, 11) is 0. The van der Waals surface area contributed by atoms with Crippen molar-refractivity contribution in [3.8, 4) is 0 Å². The highest BCUT2D eigenvalue weighted by atomic mass is 35.5. The third-order valence-corrected chi connectivity index (χ3v) is 5.20. The van der Waals surface area contributed by atoms with Crippen LogP contribution in [0, 0.1) is 5.92 Å². The molecule has 0 aromatic heterocycles. The predicted octanol–water partition coefficient (Wildman–Crippen LogP) is 3.86. The number of benzene rings is 1.